The van der Waals surface area contributed by atoms with Crippen LogP contribution in [-0.2, 0) is 11.4 Å². The zero-order valence-corrected chi connectivity index (χ0v) is 18.2. The van der Waals surface area contributed by atoms with Crippen LogP contribution in [0.25, 0.3) is 22.1 Å². The van der Waals surface area contributed by atoms with Gasteiger partial charge in [0.1, 0.15) is 18.4 Å². The molecule has 1 aliphatic heterocycles. The highest BCUT2D eigenvalue weighted by Crippen LogP contribution is 2.29. The van der Waals surface area contributed by atoms with Crippen molar-refractivity contribution in [2.75, 3.05) is 6.54 Å². The van der Waals surface area contributed by atoms with E-state index in [1.807, 2.05) is 36.4 Å². The molecule has 4 aromatic rings. The van der Waals surface area contributed by atoms with Crippen LogP contribution in [0.5, 0.6) is 5.75 Å². The lowest BCUT2D eigenvalue weighted by atomic mass is 10.0. The van der Waals surface area contributed by atoms with E-state index in [0.717, 1.165) is 16.7 Å². The van der Waals surface area contributed by atoms with Gasteiger partial charge in [-0.25, -0.2) is 9.18 Å². The van der Waals surface area contributed by atoms with Crippen molar-refractivity contribution in [2.45, 2.75) is 25.5 Å². The Kier molecular flexibility index (Phi) is 5.76. The Morgan fingerprint density at radius 2 is 1.88 bits per heavy atom. The fourth-order valence-corrected chi connectivity index (χ4v) is 4.34. The average molecular weight is 459 g/mol. The van der Waals surface area contributed by atoms with Gasteiger partial charge in [-0.3, -0.25) is 4.79 Å². The number of likely N-dealkylation sites (tertiary alicyclic amines) is 1. The van der Waals surface area contributed by atoms with Crippen molar-refractivity contribution >= 4 is 22.8 Å². The molecule has 7 heteroatoms. The van der Waals surface area contributed by atoms with E-state index in [0.29, 0.717) is 36.1 Å². The van der Waals surface area contributed by atoms with Crippen LogP contribution in [0.3, 0.4) is 0 Å². The number of carboxylic acids is 1. The van der Waals surface area contributed by atoms with Crippen LogP contribution >= 0.6 is 0 Å². The Morgan fingerprint density at radius 1 is 1.06 bits per heavy atom. The molecule has 0 bridgehead atoms. The molecule has 6 nitrogen and oxygen atoms in total. The zero-order chi connectivity index (χ0) is 23.7. The van der Waals surface area contributed by atoms with Crippen LogP contribution in [0.1, 0.15) is 28.8 Å². The molecule has 0 saturated carbocycles. The van der Waals surface area contributed by atoms with Gasteiger partial charge in [-0.05, 0) is 72.0 Å². The summed E-state index contributed by atoms with van der Waals surface area (Å²) in [4.78, 5) is 25.7. The van der Waals surface area contributed by atoms with E-state index in [1.165, 1.54) is 17.2 Å². The molecular weight excluding hydrogens is 437 g/mol. The molecule has 2 heterocycles. The summed E-state index contributed by atoms with van der Waals surface area (Å²) < 4.78 is 25.3. The lowest BCUT2D eigenvalue weighted by Gasteiger charge is -2.21. The number of amides is 1. The molecule has 1 saturated heterocycles. The quantitative estimate of drug-likeness (QED) is 0.411. The smallest absolute Gasteiger partial charge is 0.326 e. The van der Waals surface area contributed by atoms with Crippen molar-refractivity contribution in [1.82, 2.24) is 4.90 Å². The fraction of sp³-hybridized carbons (Fsp3) is 0.185. The molecular formula is C27H22FNO5. The van der Waals surface area contributed by atoms with Crippen LogP contribution in [0.2, 0.25) is 0 Å². The van der Waals surface area contributed by atoms with E-state index in [4.69, 9.17) is 9.15 Å². The highest BCUT2D eigenvalue weighted by molar-refractivity contribution is 5.97. The van der Waals surface area contributed by atoms with Crippen molar-refractivity contribution in [3.8, 4) is 16.9 Å². The summed E-state index contributed by atoms with van der Waals surface area (Å²) in [6.07, 6.45) is 2.62. The number of furan rings is 1. The SMILES string of the molecule is O=C(O)[C@@H]1CCCN1C(=O)c1cccc(COc2ccc(-c3cc(F)c4occc4c3)cc2)c1. The van der Waals surface area contributed by atoms with E-state index in [1.54, 1.807) is 24.3 Å². The summed E-state index contributed by atoms with van der Waals surface area (Å²) in [7, 11) is 0. The highest BCUT2D eigenvalue weighted by atomic mass is 19.1. The van der Waals surface area contributed by atoms with Gasteiger partial charge in [-0.15, -0.1) is 0 Å². The van der Waals surface area contributed by atoms with Gasteiger partial charge in [-0.2, -0.15) is 0 Å². The number of fused-ring (bicyclic) bond motifs is 1. The Morgan fingerprint density at radius 3 is 2.68 bits per heavy atom. The number of carbonyl (C=O) groups excluding carboxylic acids is 1. The Labute approximate surface area is 195 Å². The van der Waals surface area contributed by atoms with Gasteiger partial charge in [0, 0.05) is 17.5 Å². The lowest BCUT2D eigenvalue weighted by molar-refractivity contribution is -0.141. The van der Waals surface area contributed by atoms with Crippen LogP contribution in [0, 0.1) is 5.82 Å². The third kappa shape index (κ3) is 4.24. The zero-order valence-electron chi connectivity index (χ0n) is 18.2. The first-order chi connectivity index (χ1) is 16.5. The molecule has 0 spiro atoms. The summed E-state index contributed by atoms with van der Waals surface area (Å²) in [6.45, 7) is 0.693. The summed E-state index contributed by atoms with van der Waals surface area (Å²) in [6, 6.07) is 18.6. The molecule has 1 N–H and O–H groups in total. The van der Waals surface area contributed by atoms with Gasteiger partial charge in [0.2, 0.25) is 0 Å². The minimum absolute atomic E-state index is 0.243. The first kappa shape index (κ1) is 21.7. The molecule has 0 radical (unpaired) electrons. The number of nitrogens with zero attached hydrogens (tertiary/aromatic N) is 1. The Hall–Kier alpha value is -4.13. The summed E-state index contributed by atoms with van der Waals surface area (Å²) >= 11 is 0. The second-order valence-electron chi connectivity index (χ2n) is 8.31. The Bertz CT molecular complexity index is 1360. The predicted molar refractivity (Wildman–Crippen MR) is 124 cm³/mol. The lowest BCUT2D eigenvalue weighted by Crippen LogP contribution is -2.40. The molecule has 3 aromatic carbocycles. The molecule has 172 valence electrons. The van der Waals surface area contributed by atoms with E-state index in [-0.39, 0.29) is 18.1 Å². The molecule has 1 aromatic heterocycles. The molecule has 1 atom stereocenters. The largest absolute Gasteiger partial charge is 0.489 e. The molecule has 0 aliphatic carbocycles. The predicted octanol–water partition coefficient (Wildman–Crippen LogP) is 5.51. The number of halogens is 1. The van der Waals surface area contributed by atoms with Crippen molar-refractivity contribution in [2.24, 2.45) is 0 Å². The molecule has 1 fully saturated rings. The van der Waals surface area contributed by atoms with Gasteiger partial charge in [0.25, 0.3) is 5.91 Å². The minimum atomic E-state index is -0.971. The average Bonchev–Trinajstić information content (AvgIpc) is 3.53. The van der Waals surface area contributed by atoms with Crippen molar-refractivity contribution in [1.29, 1.82) is 0 Å². The first-order valence-electron chi connectivity index (χ1n) is 11.0. The number of benzene rings is 3. The number of ether oxygens (including phenoxy) is 1. The monoisotopic (exact) mass is 459 g/mol. The van der Waals surface area contributed by atoms with Gasteiger partial charge < -0.3 is 19.2 Å². The molecule has 1 amide bonds. The van der Waals surface area contributed by atoms with Crippen molar-refractivity contribution in [3.05, 3.63) is 89.9 Å². The maximum Gasteiger partial charge on any atom is 0.326 e. The Balaban J connectivity index is 1.26. The molecule has 1 aliphatic rings. The van der Waals surface area contributed by atoms with Gasteiger partial charge in [-0.1, -0.05) is 24.3 Å². The minimum Gasteiger partial charge on any atom is -0.489 e. The van der Waals surface area contributed by atoms with E-state index in [9.17, 15) is 19.1 Å². The number of rotatable bonds is 6. The van der Waals surface area contributed by atoms with E-state index >= 15 is 0 Å². The van der Waals surface area contributed by atoms with E-state index < -0.39 is 17.8 Å². The van der Waals surface area contributed by atoms with Crippen LogP contribution < -0.4 is 4.74 Å². The number of carboxylic acid groups (broad SMARTS) is 1. The number of aliphatic carboxylic acids is 1. The van der Waals surface area contributed by atoms with Gasteiger partial charge >= 0.3 is 5.97 Å². The molecule has 0 unspecified atom stereocenters. The van der Waals surface area contributed by atoms with Crippen LogP contribution in [0.15, 0.2) is 77.4 Å². The standard InChI is InChI=1S/C27H22FNO5/c28-23-15-21(14-19-10-12-33-25(19)23)18-6-8-22(9-7-18)34-16-17-3-1-4-20(13-17)26(30)29-11-2-5-24(29)27(31)32/h1,3-4,6-10,12-15,24H,2,5,11,16H2,(H,31,32)/t24-/m0/s1. The van der Waals surface area contributed by atoms with Crippen molar-refractivity contribution < 1.29 is 28.2 Å². The molecule has 5 rings (SSSR count). The number of carbonyl (C=O) groups is 2. The molecule has 34 heavy (non-hydrogen) atoms. The van der Waals surface area contributed by atoms with Crippen molar-refractivity contribution in [3.63, 3.8) is 0 Å². The number of hydrogen-bond acceptors (Lipinski definition) is 4. The maximum atomic E-state index is 14.2. The third-order valence-corrected chi connectivity index (χ3v) is 6.07. The third-order valence-electron chi connectivity index (χ3n) is 6.07. The first-order valence-corrected chi connectivity index (χ1v) is 11.0. The maximum absolute atomic E-state index is 14.2. The van der Waals surface area contributed by atoms with Gasteiger partial charge in [0.15, 0.2) is 11.4 Å². The second-order valence-corrected chi connectivity index (χ2v) is 8.31. The fourth-order valence-electron chi connectivity index (χ4n) is 4.34. The van der Waals surface area contributed by atoms with Gasteiger partial charge in [0.05, 0.1) is 6.26 Å². The summed E-state index contributed by atoms with van der Waals surface area (Å²) in [5.74, 6) is -1.02. The number of hydrogen-bond donors (Lipinski definition) is 1. The second kappa shape index (κ2) is 9.02. The van der Waals surface area contributed by atoms with Crippen LogP contribution in [-0.4, -0.2) is 34.5 Å². The topological polar surface area (TPSA) is 80.0 Å². The highest BCUT2D eigenvalue weighted by Gasteiger charge is 2.34. The normalized spacial score (nSPS) is 15.6. The summed E-state index contributed by atoms with van der Waals surface area (Å²) in [5.41, 5.74) is 3.08. The van der Waals surface area contributed by atoms with Crippen LogP contribution in [0.4, 0.5) is 4.39 Å². The summed E-state index contributed by atoms with van der Waals surface area (Å²) in [5, 5.41) is 10.1. The van der Waals surface area contributed by atoms with E-state index in [2.05, 4.69) is 0 Å².